The van der Waals surface area contributed by atoms with Crippen LogP contribution in [0.1, 0.15) is 5.56 Å². The molecule has 1 N–H and O–H groups in total. The molecule has 2 aromatic carbocycles. The summed E-state index contributed by atoms with van der Waals surface area (Å²) < 4.78 is 40.1. The minimum absolute atomic E-state index is 0.146. The maximum absolute atomic E-state index is 12.0. The van der Waals surface area contributed by atoms with Gasteiger partial charge in [0.15, 0.2) is 0 Å². The van der Waals surface area contributed by atoms with Crippen LogP contribution in [0.4, 0.5) is 0 Å². The van der Waals surface area contributed by atoms with E-state index >= 15 is 0 Å². The molecule has 5 nitrogen and oxygen atoms in total. The van der Waals surface area contributed by atoms with Crippen molar-refractivity contribution in [1.29, 1.82) is 0 Å². The number of thiol groups is 1. The molecular weight excluding hydrogens is 363 g/mol. The molecule has 1 unspecified atom stereocenters. The van der Waals surface area contributed by atoms with Crippen LogP contribution in [-0.4, -0.2) is 13.3 Å². The zero-order valence-electron chi connectivity index (χ0n) is 11.2. The summed E-state index contributed by atoms with van der Waals surface area (Å²) in [6, 6.07) is 14.5. The molecule has 0 saturated carbocycles. The quantitative estimate of drug-likeness (QED) is 0.454. The van der Waals surface area contributed by atoms with E-state index in [1.807, 2.05) is 0 Å². The van der Waals surface area contributed by atoms with Crippen LogP contribution in [-0.2, 0) is 20.4 Å². The van der Waals surface area contributed by atoms with E-state index in [9.17, 15) is 13.0 Å². The molecule has 0 spiro atoms. The topological polar surface area (TPSA) is 80.7 Å². The second kappa shape index (κ2) is 7.10. The van der Waals surface area contributed by atoms with Crippen molar-refractivity contribution in [3.05, 3.63) is 60.2 Å². The van der Waals surface area contributed by atoms with Crippen molar-refractivity contribution in [2.24, 2.45) is 0 Å². The Kier molecular flexibility index (Phi) is 5.63. The first-order valence-electron chi connectivity index (χ1n) is 6.05. The molecule has 0 aromatic heterocycles. The fraction of sp³-hybridized carbons (Fsp3) is 0.0769. The lowest BCUT2D eigenvalue weighted by Gasteiger charge is -2.08. The third kappa shape index (κ3) is 6.06. The Bertz CT molecular complexity index is 769. The van der Waals surface area contributed by atoms with Gasteiger partial charge in [0.1, 0.15) is 11.5 Å². The fourth-order valence-corrected chi connectivity index (χ4v) is 5.28. The molecule has 0 aliphatic heterocycles. The van der Waals surface area contributed by atoms with Crippen LogP contribution in [0.25, 0.3) is 0 Å². The molecule has 9 heteroatoms. The molecule has 1 atom stereocenters. The highest BCUT2D eigenvalue weighted by Crippen LogP contribution is 2.62. The number of benzene rings is 2. The van der Waals surface area contributed by atoms with Gasteiger partial charge in [-0.25, -0.2) is 0 Å². The smallest absolute Gasteiger partial charge is 0.313 e. The second-order valence-electron chi connectivity index (χ2n) is 4.32. The number of hydrogen-bond acceptors (Lipinski definition) is 5. The van der Waals surface area contributed by atoms with E-state index in [0.29, 0.717) is 21.8 Å². The van der Waals surface area contributed by atoms with E-state index < -0.39 is 15.9 Å². The summed E-state index contributed by atoms with van der Waals surface area (Å²) >= 11 is 4.26. The van der Waals surface area contributed by atoms with Crippen molar-refractivity contribution in [3.63, 3.8) is 0 Å². The van der Waals surface area contributed by atoms with Crippen LogP contribution in [0, 0.1) is 0 Å². The molecular formula is C13H13O5PS3. The van der Waals surface area contributed by atoms with Crippen LogP contribution >= 0.6 is 29.4 Å². The van der Waals surface area contributed by atoms with Gasteiger partial charge in [0.25, 0.3) is 0 Å². The van der Waals surface area contributed by atoms with E-state index in [2.05, 4.69) is 12.2 Å². The average molecular weight is 376 g/mol. The van der Waals surface area contributed by atoms with Gasteiger partial charge in [0, 0.05) is 4.90 Å². The molecule has 0 heterocycles. The van der Waals surface area contributed by atoms with Gasteiger partial charge >= 0.3 is 15.9 Å². The Labute approximate surface area is 138 Å². The molecule has 2 aromatic rings. The van der Waals surface area contributed by atoms with E-state index in [-0.39, 0.29) is 11.5 Å². The van der Waals surface area contributed by atoms with Crippen molar-refractivity contribution >= 4 is 39.5 Å². The maximum Gasteiger partial charge on any atom is 0.313 e. The van der Waals surface area contributed by atoms with Gasteiger partial charge in [-0.2, -0.15) is 8.42 Å². The van der Waals surface area contributed by atoms with E-state index in [4.69, 9.17) is 9.08 Å². The largest absolute Gasteiger partial charge is 0.382 e. The predicted molar refractivity (Wildman–Crippen MR) is 90.8 cm³/mol. The fourth-order valence-electron chi connectivity index (χ4n) is 1.65. The van der Waals surface area contributed by atoms with Gasteiger partial charge in [0.05, 0.1) is 0 Å². The summed E-state index contributed by atoms with van der Waals surface area (Å²) in [4.78, 5) is 9.64. The third-order valence-corrected chi connectivity index (χ3v) is 6.39. The monoisotopic (exact) mass is 376 g/mol. The van der Waals surface area contributed by atoms with Crippen LogP contribution in [0.3, 0.4) is 0 Å². The zero-order chi connectivity index (χ0) is 16.2. The minimum Gasteiger partial charge on any atom is -0.382 e. The van der Waals surface area contributed by atoms with Crippen LogP contribution in [0.5, 0.6) is 5.75 Å². The SMILES string of the molecule is O=P(O)(S)Sc1ccc(OS(=O)(=O)Cc2ccccc2)cc1. The summed E-state index contributed by atoms with van der Waals surface area (Å²) in [6.45, 7) is 0. The lowest BCUT2D eigenvalue weighted by molar-refractivity contribution is 0.484. The average Bonchev–Trinajstić information content (AvgIpc) is 2.39. The summed E-state index contributed by atoms with van der Waals surface area (Å²) in [5, 5.41) is 0. The summed E-state index contributed by atoms with van der Waals surface area (Å²) in [5.74, 6) is -3.62. The molecule has 0 radical (unpaired) electrons. The minimum atomic E-state index is -3.76. The molecule has 0 fully saturated rings. The lowest BCUT2D eigenvalue weighted by atomic mass is 10.2. The summed E-state index contributed by atoms with van der Waals surface area (Å²) in [7, 11) is -3.76. The Morgan fingerprint density at radius 3 is 2.23 bits per heavy atom. The van der Waals surface area contributed by atoms with Crippen LogP contribution in [0.2, 0.25) is 0 Å². The molecule has 118 valence electrons. The molecule has 2 rings (SSSR count). The number of hydrogen-bond donors (Lipinski definition) is 2. The third-order valence-electron chi connectivity index (χ3n) is 2.46. The van der Waals surface area contributed by atoms with E-state index in [1.54, 1.807) is 30.3 Å². The lowest BCUT2D eigenvalue weighted by Crippen LogP contribution is -2.11. The first-order valence-corrected chi connectivity index (χ1v) is 11.9. The first-order chi connectivity index (χ1) is 10.2. The van der Waals surface area contributed by atoms with E-state index in [0.717, 1.165) is 0 Å². The highest BCUT2D eigenvalue weighted by molar-refractivity contribution is 8.84. The van der Waals surface area contributed by atoms with Gasteiger partial charge in [-0.3, -0.25) is 4.57 Å². The molecule has 0 bridgehead atoms. The summed E-state index contributed by atoms with van der Waals surface area (Å²) in [6.07, 6.45) is 0. The van der Waals surface area contributed by atoms with Crippen LogP contribution in [0.15, 0.2) is 59.5 Å². The molecule has 0 aliphatic carbocycles. The molecule has 22 heavy (non-hydrogen) atoms. The Hall–Kier alpha value is -0.920. The van der Waals surface area contributed by atoms with Gasteiger partial charge < -0.3 is 9.08 Å². The highest BCUT2D eigenvalue weighted by Gasteiger charge is 2.16. The highest BCUT2D eigenvalue weighted by atomic mass is 33.1. The first kappa shape index (κ1) is 17.4. The standard InChI is InChI=1S/C13H13O5PS3/c14-19(15,20)21-13-8-6-12(7-9-13)18-22(16,17)10-11-4-2-1-3-5-11/h1-9H,10H2,(H2,14,15,20). The molecule has 0 saturated heterocycles. The second-order valence-corrected chi connectivity index (χ2v) is 12.0. The van der Waals surface area contributed by atoms with Crippen LogP contribution < -0.4 is 4.18 Å². The van der Waals surface area contributed by atoms with E-state index in [1.165, 1.54) is 24.3 Å². The summed E-state index contributed by atoms with van der Waals surface area (Å²) in [5.41, 5.74) is 0.631. The van der Waals surface area contributed by atoms with Crippen molar-refractivity contribution in [2.45, 2.75) is 10.6 Å². The Morgan fingerprint density at radius 1 is 1.09 bits per heavy atom. The Morgan fingerprint density at radius 2 is 1.68 bits per heavy atom. The Balaban J connectivity index is 2.05. The van der Waals surface area contributed by atoms with Gasteiger partial charge in [-0.1, -0.05) is 42.6 Å². The van der Waals surface area contributed by atoms with Crippen molar-refractivity contribution in [2.75, 3.05) is 0 Å². The molecule has 0 aliphatic rings. The number of rotatable bonds is 6. The zero-order valence-corrected chi connectivity index (χ0v) is 14.6. The molecule has 0 amide bonds. The maximum atomic E-state index is 12.0. The van der Waals surface area contributed by atoms with Crippen molar-refractivity contribution in [1.82, 2.24) is 0 Å². The van der Waals surface area contributed by atoms with Gasteiger partial charge in [0.2, 0.25) is 0 Å². The van der Waals surface area contributed by atoms with Gasteiger partial charge in [-0.15, -0.1) is 0 Å². The van der Waals surface area contributed by atoms with Crippen molar-refractivity contribution in [3.8, 4) is 5.75 Å². The van der Waals surface area contributed by atoms with Crippen molar-refractivity contribution < 1.29 is 22.1 Å². The predicted octanol–water partition coefficient (Wildman–Crippen LogP) is 3.72. The normalized spacial score (nSPS) is 14.3. The van der Waals surface area contributed by atoms with Gasteiger partial charge in [-0.05, 0) is 41.2 Å².